The quantitative estimate of drug-likeness (QED) is 0.259. The summed E-state index contributed by atoms with van der Waals surface area (Å²) in [7, 11) is -1.81. The van der Waals surface area contributed by atoms with Gasteiger partial charge in [0.15, 0.2) is 0 Å². The third-order valence-electron chi connectivity index (χ3n) is 6.84. The lowest BCUT2D eigenvalue weighted by molar-refractivity contribution is -0.128. The van der Waals surface area contributed by atoms with Crippen molar-refractivity contribution in [3.05, 3.63) is 47.5 Å². The number of carbonyl (C=O) groups excluding carboxylic acids is 2. The minimum atomic E-state index is -2.80. The molecular formula is C25H33BF2N4O5. The third-order valence-corrected chi connectivity index (χ3v) is 6.84. The number of nitrogens with zero attached hydrogens (tertiary/aromatic N) is 3. The van der Waals surface area contributed by atoms with Crippen LogP contribution < -0.4 is 5.32 Å². The van der Waals surface area contributed by atoms with Gasteiger partial charge >= 0.3 is 13.2 Å². The van der Waals surface area contributed by atoms with Crippen LogP contribution >= 0.6 is 0 Å². The number of alkyl halides is 2. The van der Waals surface area contributed by atoms with Gasteiger partial charge in [0.2, 0.25) is 0 Å². The molecule has 0 radical (unpaired) electrons. The molecule has 200 valence electrons. The molecule has 1 unspecified atom stereocenters. The number of hydrogen-bond donors (Lipinski definition) is 3. The van der Waals surface area contributed by atoms with Crippen LogP contribution in [0, 0.1) is 11.3 Å². The van der Waals surface area contributed by atoms with E-state index in [0.29, 0.717) is 19.4 Å². The van der Waals surface area contributed by atoms with Crippen molar-refractivity contribution in [2.45, 2.75) is 63.0 Å². The first-order chi connectivity index (χ1) is 17.4. The Bertz CT molecular complexity index is 1030. The van der Waals surface area contributed by atoms with Gasteiger partial charge in [0, 0.05) is 25.0 Å². The molecule has 37 heavy (non-hydrogen) atoms. The van der Waals surface area contributed by atoms with Gasteiger partial charge in [0.05, 0.1) is 18.5 Å². The summed E-state index contributed by atoms with van der Waals surface area (Å²) >= 11 is 0. The van der Waals surface area contributed by atoms with Gasteiger partial charge in [-0.3, -0.25) is 9.69 Å². The molecule has 2 atom stereocenters. The van der Waals surface area contributed by atoms with Gasteiger partial charge in [-0.15, -0.1) is 0 Å². The Hall–Kier alpha value is -3.01. The Labute approximate surface area is 215 Å². The molecule has 3 rings (SSSR count). The van der Waals surface area contributed by atoms with E-state index >= 15 is 0 Å². The van der Waals surface area contributed by atoms with Gasteiger partial charge in [-0.05, 0) is 44.7 Å². The molecule has 2 fully saturated rings. The summed E-state index contributed by atoms with van der Waals surface area (Å²) < 4.78 is 32.7. The molecule has 0 aromatic heterocycles. The maximum atomic E-state index is 13.7. The van der Waals surface area contributed by atoms with E-state index in [1.807, 2.05) is 12.1 Å². The molecule has 0 saturated carbocycles. The van der Waals surface area contributed by atoms with Crippen molar-refractivity contribution in [3.63, 3.8) is 0 Å². The molecule has 2 aliphatic rings. The number of amides is 2. The van der Waals surface area contributed by atoms with Crippen LogP contribution in [0.4, 0.5) is 13.6 Å². The van der Waals surface area contributed by atoms with Gasteiger partial charge < -0.3 is 25.0 Å². The maximum Gasteiger partial charge on any atom is 0.475 e. The average Bonchev–Trinajstić information content (AvgIpc) is 3.47. The lowest BCUT2D eigenvalue weighted by atomic mass is 9.76. The highest BCUT2D eigenvalue weighted by Gasteiger charge is 2.43. The smallest absolute Gasteiger partial charge is 0.447 e. The molecule has 2 saturated heterocycles. The lowest BCUT2D eigenvalue weighted by Crippen LogP contribution is -2.49. The number of alkyl carbamates (subject to hydrolysis) is 1. The van der Waals surface area contributed by atoms with Crippen molar-refractivity contribution in [2.24, 2.45) is 0 Å². The zero-order valence-electron chi connectivity index (χ0n) is 21.1. The number of rotatable bonds is 9. The molecule has 1 aromatic rings. The molecule has 0 spiro atoms. The van der Waals surface area contributed by atoms with E-state index in [1.165, 1.54) is 11.0 Å². The monoisotopic (exact) mass is 518 g/mol. The fourth-order valence-electron chi connectivity index (χ4n) is 4.71. The Balaban J connectivity index is 1.59. The standard InChI is InChI=1S/C25H33BF2N4O5/c1-24(2,31-12-10-25(27,28)17-31)14-19(15-29)22(33)32-11-6-9-20(32)16-37-23(34)30-21(26(35)36)13-18-7-4-3-5-8-18/h3-5,7-8,14,20-21,35-36H,6,9-13,16-17H2,1-2H3,(H,30,34)/t20-,21?/m1/s1. The average molecular weight is 518 g/mol. The number of carbonyl (C=O) groups is 2. The Kier molecular flexibility index (Phi) is 9.28. The predicted molar refractivity (Wildman–Crippen MR) is 132 cm³/mol. The van der Waals surface area contributed by atoms with Crippen LogP contribution in [0.25, 0.3) is 0 Å². The topological polar surface area (TPSA) is 126 Å². The summed E-state index contributed by atoms with van der Waals surface area (Å²) in [5, 5.41) is 31.4. The summed E-state index contributed by atoms with van der Waals surface area (Å²) in [6, 6.07) is 10.4. The Morgan fingerprint density at radius 1 is 1.32 bits per heavy atom. The summed E-state index contributed by atoms with van der Waals surface area (Å²) in [6.07, 6.45) is 1.67. The summed E-state index contributed by atoms with van der Waals surface area (Å²) in [4.78, 5) is 28.5. The van der Waals surface area contributed by atoms with E-state index in [0.717, 1.165) is 5.56 Å². The number of hydrogen-bond acceptors (Lipinski definition) is 7. The molecule has 0 aliphatic carbocycles. The minimum Gasteiger partial charge on any atom is -0.447 e. The Morgan fingerprint density at radius 3 is 2.62 bits per heavy atom. The molecule has 0 bridgehead atoms. The number of halogens is 2. The van der Waals surface area contributed by atoms with Gasteiger partial charge in [0.25, 0.3) is 11.8 Å². The van der Waals surface area contributed by atoms with Gasteiger partial charge in [-0.25, -0.2) is 13.6 Å². The first-order valence-corrected chi connectivity index (χ1v) is 12.3. The van der Waals surface area contributed by atoms with Crippen LogP contribution in [0.2, 0.25) is 0 Å². The summed E-state index contributed by atoms with van der Waals surface area (Å²) in [5.41, 5.74) is -0.279. The molecule has 12 heteroatoms. The van der Waals surface area contributed by atoms with Crippen LogP contribution in [0.15, 0.2) is 42.0 Å². The van der Waals surface area contributed by atoms with Crippen molar-refractivity contribution in [1.82, 2.24) is 15.1 Å². The zero-order valence-corrected chi connectivity index (χ0v) is 21.1. The summed E-state index contributed by atoms with van der Waals surface area (Å²) in [6.45, 7) is 3.32. The number of ether oxygens (including phenoxy) is 1. The number of nitrogens with one attached hydrogen (secondary N) is 1. The SMILES string of the molecule is CC(C)(C=C(C#N)C(=O)N1CCC[C@@H]1COC(=O)NC(Cc1ccccc1)B(O)O)N1CCC(F)(F)C1. The number of nitriles is 1. The van der Waals surface area contributed by atoms with E-state index in [2.05, 4.69) is 5.32 Å². The number of benzene rings is 1. The molecule has 9 nitrogen and oxygen atoms in total. The second-order valence-corrected chi connectivity index (χ2v) is 10.1. The Morgan fingerprint density at radius 2 is 2.03 bits per heavy atom. The van der Waals surface area contributed by atoms with Crippen LogP contribution in [-0.4, -0.2) is 88.7 Å². The van der Waals surface area contributed by atoms with Crippen molar-refractivity contribution in [1.29, 1.82) is 5.26 Å². The maximum absolute atomic E-state index is 13.7. The van der Waals surface area contributed by atoms with Gasteiger partial charge in [0.1, 0.15) is 18.2 Å². The first-order valence-electron chi connectivity index (χ1n) is 12.3. The second kappa shape index (κ2) is 12.0. The number of likely N-dealkylation sites (tertiary alicyclic amines) is 2. The largest absolute Gasteiger partial charge is 0.475 e. The van der Waals surface area contributed by atoms with E-state index in [1.54, 1.807) is 43.0 Å². The van der Waals surface area contributed by atoms with Crippen LogP contribution in [-0.2, 0) is 16.0 Å². The normalized spacial score (nSPS) is 20.8. The molecule has 1 aromatic carbocycles. The highest BCUT2D eigenvalue weighted by molar-refractivity contribution is 6.43. The predicted octanol–water partition coefficient (Wildman–Crippen LogP) is 1.90. The highest BCUT2D eigenvalue weighted by atomic mass is 19.3. The molecule has 2 heterocycles. The van der Waals surface area contributed by atoms with E-state index in [-0.39, 0.29) is 31.6 Å². The highest BCUT2D eigenvalue weighted by Crippen LogP contribution is 2.33. The minimum absolute atomic E-state index is 0.141. The van der Waals surface area contributed by atoms with Crippen molar-refractivity contribution in [2.75, 3.05) is 26.2 Å². The summed E-state index contributed by atoms with van der Waals surface area (Å²) in [5.74, 6) is -4.34. The lowest BCUT2D eigenvalue weighted by Gasteiger charge is -2.33. The molecule has 2 amide bonds. The van der Waals surface area contributed by atoms with Crippen molar-refractivity contribution < 1.29 is 33.2 Å². The van der Waals surface area contributed by atoms with Crippen LogP contribution in [0.1, 0.15) is 38.7 Å². The van der Waals surface area contributed by atoms with E-state index in [4.69, 9.17) is 4.74 Å². The molecular weight excluding hydrogens is 485 g/mol. The van der Waals surface area contributed by atoms with Gasteiger partial charge in [-0.1, -0.05) is 30.3 Å². The van der Waals surface area contributed by atoms with E-state index in [9.17, 15) is 33.7 Å². The van der Waals surface area contributed by atoms with Crippen LogP contribution in [0.3, 0.4) is 0 Å². The fourth-order valence-corrected chi connectivity index (χ4v) is 4.71. The first kappa shape index (κ1) is 28.6. The van der Waals surface area contributed by atoms with Crippen molar-refractivity contribution in [3.8, 4) is 6.07 Å². The zero-order chi connectivity index (χ0) is 27.2. The van der Waals surface area contributed by atoms with Crippen molar-refractivity contribution >= 4 is 19.1 Å². The van der Waals surface area contributed by atoms with Crippen LogP contribution in [0.5, 0.6) is 0 Å². The second-order valence-electron chi connectivity index (χ2n) is 10.1. The third kappa shape index (κ3) is 7.74. The fraction of sp³-hybridized carbons (Fsp3) is 0.560. The van der Waals surface area contributed by atoms with E-state index < -0.39 is 49.1 Å². The van der Waals surface area contributed by atoms with Gasteiger partial charge in [-0.2, -0.15) is 5.26 Å². The molecule has 2 aliphatic heterocycles. The molecule has 3 N–H and O–H groups in total.